The lowest BCUT2D eigenvalue weighted by molar-refractivity contribution is 0.122. The molecule has 3 aromatic rings. The highest BCUT2D eigenvalue weighted by Gasteiger charge is 2.13. The van der Waals surface area contributed by atoms with E-state index in [-0.39, 0.29) is 16.9 Å². The van der Waals surface area contributed by atoms with E-state index in [0.717, 1.165) is 24.3 Å². The van der Waals surface area contributed by atoms with Gasteiger partial charge in [0, 0.05) is 47.6 Å². The van der Waals surface area contributed by atoms with E-state index in [1.165, 1.54) is 11.8 Å². The number of amides is 2. The van der Waals surface area contributed by atoms with Gasteiger partial charge in [0.15, 0.2) is 0 Å². The Hall–Kier alpha value is -4.18. The Labute approximate surface area is 209 Å². The average Bonchev–Trinajstić information content (AvgIpc) is 2.88. The molecule has 2 aromatic heterocycles. The third-order valence-corrected chi connectivity index (χ3v) is 4.95. The molecule has 1 fully saturated rings. The first-order valence-corrected chi connectivity index (χ1v) is 11.3. The molecule has 4 rings (SSSR count). The number of carbonyl (C=O) groups excluding carboxylic acids is 1. The van der Waals surface area contributed by atoms with Crippen molar-refractivity contribution < 1.29 is 18.5 Å². The van der Waals surface area contributed by atoms with Crippen LogP contribution in [0.2, 0.25) is 0 Å². The predicted octanol–water partition coefficient (Wildman–Crippen LogP) is 3.83. The van der Waals surface area contributed by atoms with Gasteiger partial charge in [0.05, 0.1) is 31.6 Å². The fourth-order valence-electron chi connectivity index (χ4n) is 3.28. The van der Waals surface area contributed by atoms with Gasteiger partial charge in [0.25, 0.3) is 0 Å². The first kappa shape index (κ1) is 25.4. The van der Waals surface area contributed by atoms with Crippen molar-refractivity contribution >= 4 is 29.4 Å². The number of nitrogen functional groups attached to an aromatic ring is 1. The molecule has 2 amide bonds. The Morgan fingerprint density at radius 3 is 2.77 bits per heavy atom. The van der Waals surface area contributed by atoms with Crippen LogP contribution in [0.4, 0.5) is 22.0 Å². The van der Waals surface area contributed by atoms with E-state index >= 15 is 0 Å². The highest BCUT2D eigenvalue weighted by atomic mass is 16.5. The van der Waals surface area contributed by atoms with Crippen LogP contribution in [0.1, 0.15) is 15.4 Å². The van der Waals surface area contributed by atoms with Gasteiger partial charge >= 0.3 is 6.03 Å². The number of aromatic nitrogens is 2. The van der Waals surface area contributed by atoms with Crippen LogP contribution >= 0.6 is 0 Å². The topological polar surface area (TPSA) is 138 Å². The zero-order chi connectivity index (χ0) is 24.9. The molecule has 0 spiro atoms. The minimum atomic E-state index is -0.323. The number of rotatable bonds is 7. The second-order valence-corrected chi connectivity index (χ2v) is 7.72. The summed E-state index contributed by atoms with van der Waals surface area (Å²) in [6.07, 6.45) is 4.56. The van der Waals surface area contributed by atoms with Gasteiger partial charge in [0.1, 0.15) is 12.4 Å². The SMILES string of the molecule is Cc1cccc(C=N)c1.Nc1cc(N2CCOCC2)cc(OCCNC(=O)Nc2cccnc2)n1.[HH].[HH].[HH]. The van der Waals surface area contributed by atoms with E-state index in [9.17, 15) is 4.79 Å². The minimum absolute atomic E-state index is 0. The molecule has 1 aliphatic rings. The molecule has 3 heterocycles. The maximum absolute atomic E-state index is 11.8. The Morgan fingerprint density at radius 2 is 2.09 bits per heavy atom. The van der Waals surface area contributed by atoms with Crippen LogP contribution in [0, 0.1) is 12.3 Å². The summed E-state index contributed by atoms with van der Waals surface area (Å²) in [5, 5.41) is 12.3. The molecule has 190 valence electrons. The Balaban J connectivity index is 0.000000978. The third-order valence-electron chi connectivity index (χ3n) is 4.95. The first-order chi connectivity index (χ1) is 17.0. The number of urea groups is 1. The smallest absolute Gasteiger partial charge is 0.319 e. The van der Waals surface area contributed by atoms with Gasteiger partial charge < -0.3 is 36.2 Å². The molecule has 0 saturated carbocycles. The van der Waals surface area contributed by atoms with Crippen LogP contribution in [0.15, 0.2) is 60.9 Å². The van der Waals surface area contributed by atoms with Crippen molar-refractivity contribution in [1.29, 1.82) is 5.41 Å². The number of aryl methyl sites for hydroxylation is 1. The van der Waals surface area contributed by atoms with Crippen LogP contribution < -0.4 is 26.0 Å². The third kappa shape index (κ3) is 8.94. The van der Waals surface area contributed by atoms with Crippen LogP contribution in [-0.2, 0) is 4.74 Å². The number of ether oxygens (including phenoxy) is 2. The fraction of sp³-hybridized carbons (Fsp3) is 0.280. The van der Waals surface area contributed by atoms with E-state index in [1.54, 1.807) is 24.5 Å². The van der Waals surface area contributed by atoms with Crippen molar-refractivity contribution in [3.63, 3.8) is 0 Å². The van der Waals surface area contributed by atoms with Gasteiger partial charge in [0.2, 0.25) is 5.88 Å². The molecule has 0 radical (unpaired) electrons. The van der Waals surface area contributed by atoms with E-state index in [2.05, 4.69) is 25.5 Å². The number of pyridine rings is 2. The number of hydrogen-bond donors (Lipinski definition) is 4. The van der Waals surface area contributed by atoms with E-state index in [1.807, 2.05) is 43.3 Å². The maximum atomic E-state index is 11.8. The number of hydrogen-bond acceptors (Lipinski definition) is 8. The van der Waals surface area contributed by atoms with Gasteiger partial charge in [-0.2, -0.15) is 4.98 Å². The Kier molecular flexibility index (Phi) is 9.82. The summed E-state index contributed by atoms with van der Waals surface area (Å²) in [5.41, 5.74) is 9.62. The van der Waals surface area contributed by atoms with Crippen LogP contribution in [0.3, 0.4) is 0 Å². The Bertz CT molecular complexity index is 1100. The van der Waals surface area contributed by atoms with Gasteiger partial charge in [-0.05, 0) is 24.6 Å². The highest BCUT2D eigenvalue weighted by Crippen LogP contribution is 2.23. The zero-order valence-electron chi connectivity index (χ0n) is 19.7. The number of benzene rings is 1. The normalized spacial score (nSPS) is 12.7. The summed E-state index contributed by atoms with van der Waals surface area (Å²) in [6.45, 7) is 5.61. The van der Waals surface area contributed by atoms with Gasteiger partial charge in [-0.15, -0.1) is 0 Å². The van der Waals surface area contributed by atoms with Gasteiger partial charge in [-0.3, -0.25) is 4.98 Å². The predicted molar refractivity (Wildman–Crippen MR) is 144 cm³/mol. The molecule has 35 heavy (non-hydrogen) atoms. The van der Waals surface area contributed by atoms with Crippen LogP contribution in [0.5, 0.6) is 5.88 Å². The fourth-order valence-corrected chi connectivity index (χ4v) is 3.28. The molecular weight excluding hydrogens is 446 g/mol. The second-order valence-electron chi connectivity index (χ2n) is 7.72. The lowest BCUT2D eigenvalue weighted by Gasteiger charge is -2.29. The molecule has 0 bridgehead atoms. The van der Waals surface area contributed by atoms with Gasteiger partial charge in [-0.1, -0.05) is 29.8 Å². The number of carbonyl (C=O) groups is 1. The maximum Gasteiger partial charge on any atom is 0.319 e. The van der Waals surface area contributed by atoms with Gasteiger partial charge in [-0.25, -0.2) is 4.79 Å². The van der Waals surface area contributed by atoms with Crippen LogP contribution in [0.25, 0.3) is 0 Å². The quantitative estimate of drug-likeness (QED) is 0.296. The molecule has 1 aliphatic heterocycles. The van der Waals surface area contributed by atoms with Crippen molar-refractivity contribution in [3.8, 4) is 5.88 Å². The first-order valence-electron chi connectivity index (χ1n) is 11.3. The molecule has 10 nitrogen and oxygen atoms in total. The summed E-state index contributed by atoms with van der Waals surface area (Å²) >= 11 is 0. The molecule has 0 unspecified atom stereocenters. The largest absolute Gasteiger partial charge is 0.476 e. The minimum Gasteiger partial charge on any atom is -0.476 e. The molecular formula is C25H37N7O3. The number of nitrogens with two attached hydrogens (primary N) is 1. The molecule has 1 saturated heterocycles. The average molecular weight is 484 g/mol. The summed E-state index contributed by atoms with van der Waals surface area (Å²) in [7, 11) is 0. The number of nitrogens with one attached hydrogen (secondary N) is 3. The van der Waals surface area contributed by atoms with Crippen molar-refractivity contribution in [1.82, 2.24) is 15.3 Å². The van der Waals surface area contributed by atoms with Crippen molar-refractivity contribution in [3.05, 3.63) is 72.1 Å². The van der Waals surface area contributed by atoms with Crippen molar-refractivity contribution in [2.24, 2.45) is 0 Å². The summed E-state index contributed by atoms with van der Waals surface area (Å²) in [5.74, 6) is 0.826. The van der Waals surface area contributed by atoms with Crippen LogP contribution in [-0.4, -0.2) is 61.7 Å². The number of anilines is 3. The Morgan fingerprint density at radius 1 is 1.26 bits per heavy atom. The standard InChI is InChI=1S/C17H22N6O3.C8H9N.3H2/c18-15-10-14(23-5-8-25-9-6-23)11-16(22-15)26-7-4-20-17(24)21-13-2-1-3-19-12-13;1-7-3-2-4-8(5-7)6-9;;;/h1-3,10-12H,4-9H2,(H2,18,22)(H2,20,21,24);2-6,9H,1H3;3*1H. The highest BCUT2D eigenvalue weighted by molar-refractivity contribution is 5.88. The summed E-state index contributed by atoms with van der Waals surface area (Å²) < 4.78 is 11.0. The van der Waals surface area contributed by atoms with E-state index in [0.29, 0.717) is 37.1 Å². The lowest BCUT2D eigenvalue weighted by Crippen LogP contribution is -2.36. The number of nitrogens with zero attached hydrogens (tertiary/aromatic N) is 3. The lowest BCUT2D eigenvalue weighted by atomic mass is 10.2. The molecule has 5 N–H and O–H groups in total. The molecule has 0 aliphatic carbocycles. The summed E-state index contributed by atoms with van der Waals surface area (Å²) in [6, 6.07) is 14.7. The molecule has 0 atom stereocenters. The second kappa shape index (κ2) is 13.5. The number of morpholine rings is 1. The zero-order valence-corrected chi connectivity index (χ0v) is 19.7. The molecule has 1 aromatic carbocycles. The van der Waals surface area contributed by atoms with E-state index < -0.39 is 0 Å². The van der Waals surface area contributed by atoms with Crippen molar-refractivity contribution in [2.75, 3.05) is 55.4 Å². The van der Waals surface area contributed by atoms with E-state index in [4.69, 9.17) is 20.6 Å². The molecule has 10 heteroatoms. The summed E-state index contributed by atoms with van der Waals surface area (Å²) in [4.78, 5) is 22.1. The monoisotopic (exact) mass is 483 g/mol. The van der Waals surface area contributed by atoms with Crippen molar-refractivity contribution in [2.45, 2.75) is 6.92 Å².